The minimum absolute atomic E-state index is 0.128. The van der Waals surface area contributed by atoms with E-state index < -0.39 is 0 Å². The predicted molar refractivity (Wildman–Crippen MR) is 86.8 cm³/mol. The van der Waals surface area contributed by atoms with Crippen molar-refractivity contribution in [3.8, 4) is 0 Å². The van der Waals surface area contributed by atoms with Gasteiger partial charge in [-0.05, 0) is 56.3 Å². The highest BCUT2D eigenvalue weighted by Crippen LogP contribution is 2.31. The van der Waals surface area contributed by atoms with Crippen LogP contribution in [-0.2, 0) is 6.42 Å². The Labute approximate surface area is 132 Å². The number of carbonyl (C=O) groups excluding carboxylic acids is 1. The third-order valence-corrected chi connectivity index (χ3v) is 5.54. The fourth-order valence-electron chi connectivity index (χ4n) is 4.28. The van der Waals surface area contributed by atoms with Crippen molar-refractivity contribution in [2.45, 2.75) is 44.2 Å². The van der Waals surface area contributed by atoms with Gasteiger partial charge in [0.25, 0.3) is 0 Å². The van der Waals surface area contributed by atoms with Crippen LogP contribution >= 0.6 is 0 Å². The summed E-state index contributed by atoms with van der Waals surface area (Å²) in [7, 11) is 0. The summed E-state index contributed by atoms with van der Waals surface area (Å²) in [6.07, 6.45) is 5.89. The summed E-state index contributed by atoms with van der Waals surface area (Å²) in [5.41, 5.74) is 2.70. The standard InChI is InChI=1S/C18H25N3O/c22-18(19-17-8-7-14-5-1-2-6-16(14)17)21-12-9-15(13-21)20-10-3-4-11-20/h1-2,5-6,15,17H,3-4,7-13H2,(H,19,22)/t15-,17+/m0/s1. The topological polar surface area (TPSA) is 35.6 Å². The summed E-state index contributed by atoms with van der Waals surface area (Å²) in [5.74, 6) is 0. The van der Waals surface area contributed by atoms with Crippen molar-refractivity contribution in [1.29, 1.82) is 0 Å². The van der Waals surface area contributed by atoms with Gasteiger partial charge in [-0.3, -0.25) is 4.90 Å². The van der Waals surface area contributed by atoms with Crippen LogP contribution in [0.25, 0.3) is 0 Å². The largest absolute Gasteiger partial charge is 0.331 e. The molecule has 3 aliphatic rings. The van der Waals surface area contributed by atoms with Crippen molar-refractivity contribution in [2.75, 3.05) is 26.2 Å². The first-order chi connectivity index (χ1) is 10.8. The molecule has 0 radical (unpaired) electrons. The number of rotatable bonds is 2. The molecule has 2 aliphatic heterocycles. The lowest BCUT2D eigenvalue weighted by Gasteiger charge is -2.24. The van der Waals surface area contributed by atoms with E-state index in [4.69, 9.17) is 0 Å². The zero-order valence-electron chi connectivity index (χ0n) is 13.1. The van der Waals surface area contributed by atoms with E-state index in [0.29, 0.717) is 6.04 Å². The summed E-state index contributed by atoms with van der Waals surface area (Å²) in [6, 6.07) is 9.42. The van der Waals surface area contributed by atoms with Crippen LogP contribution in [0.3, 0.4) is 0 Å². The molecule has 1 aromatic rings. The van der Waals surface area contributed by atoms with Gasteiger partial charge in [0, 0.05) is 19.1 Å². The lowest BCUT2D eigenvalue weighted by molar-refractivity contribution is 0.195. The second-order valence-corrected chi connectivity index (χ2v) is 6.87. The van der Waals surface area contributed by atoms with Crippen LogP contribution in [0.1, 0.15) is 42.9 Å². The van der Waals surface area contributed by atoms with E-state index in [1.807, 2.05) is 4.90 Å². The van der Waals surface area contributed by atoms with E-state index in [2.05, 4.69) is 34.5 Å². The third-order valence-electron chi connectivity index (χ3n) is 5.54. The Morgan fingerprint density at radius 1 is 1.09 bits per heavy atom. The number of amides is 2. The van der Waals surface area contributed by atoms with Gasteiger partial charge < -0.3 is 10.2 Å². The molecule has 22 heavy (non-hydrogen) atoms. The van der Waals surface area contributed by atoms with Crippen molar-refractivity contribution in [3.05, 3.63) is 35.4 Å². The van der Waals surface area contributed by atoms with Crippen LogP contribution in [0.5, 0.6) is 0 Å². The van der Waals surface area contributed by atoms with Crippen molar-refractivity contribution in [1.82, 2.24) is 15.1 Å². The molecule has 4 nitrogen and oxygen atoms in total. The van der Waals surface area contributed by atoms with Crippen LogP contribution in [0.2, 0.25) is 0 Å². The number of fused-ring (bicyclic) bond motifs is 1. The first-order valence-corrected chi connectivity index (χ1v) is 8.68. The zero-order valence-corrected chi connectivity index (χ0v) is 13.1. The minimum Gasteiger partial charge on any atom is -0.331 e. The summed E-state index contributed by atoms with van der Waals surface area (Å²) in [6.45, 7) is 4.24. The number of aryl methyl sites for hydroxylation is 1. The highest BCUT2D eigenvalue weighted by Gasteiger charge is 2.33. The quantitative estimate of drug-likeness (QED) is 0.911. The van der Waals surface area contributed by atoms with Crippen molar-refractivity contribution >= 4 is 6.03 Å². The maximum absolute atomic E-state index is 12.6. The van der Waals surface area contributed by atoms with Gasteiger partial charge in [-0.25, -0.2) is 4.79 Å². The second kappa shape index (κ2) is 5.92. The molecular weight excluding hydrogens is 274 g/mol. The molecule has 0 spiro atoms. The first-order valence-electron chi connectivity index (χ1n) is 8.68. The maximum atomic E-state index is 12.6. The number of hydrogen-bond donors (Lipinski definition) is 1. The maximum Gasteiger partial charge on any atom is 0.317 e. The summed E-state index contributed by atoms with van der Waals surface area (Å²) < 4.78 is 0. The van der Waals surface area contributed by atoms with Gasteiger partial charge >= 0.3 is 6.03 Å². The van der Waals surface area contributed by atoms with Crippen LogP contribution in [-0.4, -0.2) is 48.1 Å². The first kappa shape index (κ1) is 14.1. The van der Waals surface area contributed by atoms with E-state index in [1.54, 1.807) is 0 Å². The Balaban J connectivity index is 1.35. The Hall–Kier alpha value is -1.55. The van der Waals surface area contributed by atoms with Gasteiger partial charge in [0.15, 0.2) is 0 Å². The summed E-state index contributed by atoms with van der Waals surface area (Å²) in [4.78, 5) is 17.2. The number of nitrogens with one attached hydrogen (secondary N) is 1. The zero-order chi connectivity index (χ0) is 14.9. The molecule has 0 bridgehead atoms. The second-order valence-electron chi connectivity index (χ2n) is 6.87. The predicted octanol–water partition coefficient (Wildman–Crippen LogP) is 2.55. The number of nitrogens with zero attached hydrogens (tertiary/aromatic N) is 2. The molecular formula is C18H25N3O. The van der Waals surface area contributed by atoms with Crippen molar-refractivity contribution < 1.29 is 4.79 Å². The van der Waals surface area contributed by atoms with E-state index in [0.717, 1.165) is 32.4 Å². The van der Waals surface area contributed by atoms with Gasteiger partial charge in [0.1, 0.15) is 0 Å². The molecule has 4 heteroatoms. The number of carbonyl (C=O) groups is 1. The fraction of sp³-hybridized carbons (Fsp3) is 0.611. The molecule has 0 saturated carbocycles. The molecule has 2 saturated heterocycles. The normalized spacial score (nSPS) is 28.1. The molecule has 4 rings (SSSR count). The number of likely N-dealkylation sites (tertiary alicyclic amines) is 2. The SMILES string of the molecule is O=C(N[C@@H]1CCc2ccccc21)N1CC[C@H](N2CCCC2)C1. The lowest BCUT2D eigenvalue weighted by Crippen LogP contribution is -2.42. The molecule has 118 valence electrons. The lowest BCUT2D eigenvalue weighted by atomic mass is 10.1. The summed E-state index contributed by atoms with van der Waals surface area (Å²) >= 11 is 0. The third kappa shape index (κ3) is 2.60. The van der Waals surface area contributed by atoms with Crippen molar-refractivity contribution in [3.63, 3.8) is 0 Å². The number of benzene rings is 1. The van der Waals surface area contributed by atoms with Gasteiger partial charge in [-0.2, -0.15) is 0 Å². The van der Waals surface area contributed by atoms with E-state index in [-0.39, 0.29) is 12.1 Å². The molecule has 0 aromatic heterocycles. The van der Waals surface area contributed by atoms with Crippen molar-refractivity contribution in [2.24, 2.45) is 0 Å². The molecule has 0 unspecified atom stereocenters. The Bertz CT molecular complexity index is 553. The van der Waals surface area contributed by atoms with Gasteiger partial charge in [0.2, 0.25) is 0 Å². The average Bonchev–Trinajstić information content (AvgIpc) is 3.28. The molecule has 2 heterocycles. The molecule has 1 N–H and O–H groups in total. The molecule has 2 amide bonds. The van der Waals surface area contributed by atoms with Gasteiger partial charge in [0.05, 0.1) is 6.04 Å². The van der Waals surface area contributed by atoms with E-state index in [9.17, 15) is 4.79 Å². The van der Waals surface area contributed by atoms with E-state index >= 15 is 0 Å². The van der Waals surface area contributed by atoms with Gasteiger partial charge in [-0.1, -0.05) is 24.3 Å². The van der Waals surface area contributed by atoms with Crippen LogP contribution in [0.4, 0.5) is 4.79 Å². The number of hydrogen-bond acceptors (Lipinski definition) is 2. The Morgan fingerprint density at radius 3 is 2.77 bits per heavy atom. The van der Waals surface area contributed by atoms with Crippen LogP contribution in [0.15, 0.2) is 24.3 Å². The molecule has 2 atom stereocenters. The molecule has 1 aliphatic carbocycles. The smallest absolute Gasteiger partial charge is 0.317 e. The highest BCUT2D eigenvalue weighted by molar-refractivity contribution is 5.75. The minimum atomic E-state index is 0.128. The average molecular weight is 299 g/mol. The molecule has 2 fully saturated rings. The van der Waals surface area contributed by atoms with Gasteiger partial charge in [-0.15, -0.1) is 0 Å². The van der Waals surface area contributed by atoms with Crippen LogP contribution in [0, 0.1) is 0 Å². The fourth-order valence-corrected chi connectivity index (χ4v) is 4.28. The summed E-state index contributed by atoms with van der Waals surface area (Å²) in [5, 5.41) is 3.26. The van der Waals surface area contributed by atoms with Crippen LogP contribution < -0.4 is 5.32 Å². The monoisotopic (exact) mass is 299 g/mol. The Morgan fingerprint density at radius 2 is 1.91 bits per heavy atom. The van der Waals surface area contributed by atoms with E-state index in [1.165, 1.54) is 37.1 Å². The highest BCUT2D eigenvalue weighted by atomic mass is 16.2. The Kier molecular flexibility index (Phi) is 3.78. The molecule has 1 aromatic carbocycles. The number of urea groups is 1.